The normalized spacial score (nSPS) is 16.0. The maximum Gasteiger partial charge on any atom is 0.270 e. The van der Waals surface area contributed by atoms with Crippen LogP contribution >= 0.6 is 23.8 Å². The molecule has 0 unspecified atom stereocenters. The van der Waals surface area contributed by atoms with Crippen molar-refractivity contribution in [2.24, 2.45) is 0 Å². The van der Waals surface area contributed by atoms with Gasteiger partial charge in [0, 0.05) is 6.07 Å². The van der Waals surface area contributed by atoms with Gasteiger partial charge in [-0.25, -0.2) is 0 Å². The Morgan fingerprint density at radius 2 is 1.97 bits per heavy atom. The van der Waals surface area contributed by atoms with Crippen molar-refractivity contribution >= 4 is 52.5 Å². The Morgan fingerprint density at radius 1 is 1.21 bits per heavy atom. The van der Waals surface area contributed by atoms with Crippen LogP contribution in [0.15, 0.2) is 42.0 Å². The number of carbonyl (C=O) groups is 2. The van der Waals surface area contributed by atoms with Gasteiger partial charge in [0.2, 0.25) is 0 Å². The van der Waals surface area contributed by atoms with Gasteiger partial charge in [0.15, 0.2) is 16.6 Å². The molecule has 33 heavy (non-hydrogen) atoms. The minimum absolute atomic E-state index is 0.0105. The van der Waals surface area contributed by atoms with Crippen molar-refractivity contribution in [3.63, 3.8) is 0 Å². The summed E-state index contributed by atoms with van der Waals surface area (Å²) in [4.78, 5) is 27.2. The average Bonchev–Trinajstić information content (AvgIpc) is 2.78. The fourth-order valence-corrected chi connectivity index (χ4v) is 3.70. The molecule has 1 aliphatic heterocycles. The lowest BCUT2D eigenvalue weighted by Crippen LogP contribution is -2.54. The van der Waals surface area contributed by atoms with E-state index in [9.17, 15) is 9.59 Å². The van der Waals surface area contributed by atoms with Gasteiger partial charge in [-0.15, -0.1) is 0 Å². The van der Waals surface area contributed by atoms with E-state index in [0.29, 0.717) is 40.1 Å². The number of methoxy groups -OCH3 is 1. The molecule has 0 aliphatic carbocycles. The van der Waals surface area contributed by atoms with Crippen LogP contribution in [-0.4, -0.2) is 36.7 Å². The zero-order valence-electron chi connectivity index (χ0n) is 18.8. The predicted molar refractivity (Wildman–Crippen MR) is 132 cm³/mol. The summed E-state index contributed by atoms with van der Waals surface area (Å²) in [6.45, 7) is 6.26. The van der Waals surface area contributed by atoms with Crippen LogP contribution in [0, 0.1) is 0 Å². The standard InChI is InChI=1S/C24H25ClN2O5S/c1-5-14(3)32-21-19(25)11-15(12-20(21)30-4)10-18-22(28)26-24(33)27(23(18)29)16-8-7-9-17(13-16)31-6-2/h7-14H,5-6H2,1-4H3,(H,26,28,33)/b18-10+/t14-/m0/s1. The number of carbonyl (C=O) groups excluding carboxylic acids is 2. The monoisotopic (exact) mass is 488 g/mol. The van der Waals surface area contributed by atoms with Crippen LogP contribution in [0.3, 0.4) is 0 Å². The second-order valence-corrected chi connectivity index (χ2v) is 8.05. The Bertz CT molecular complexity index is 1120. The zero-order valence-corrected chi connectivity index (χ0v) is 20.4. The number of thiocarbonyl (C=S) groups is 1. The van der Waals surface area contributed by atoms with E-state index in [1.807, 2.05) is 20.8 Å². The van der Waals surface area contributed by atoms with Crippen LogP contribution in [0.2, 0.25) is 5.02 Å². The second-order valence-electron chi connectivity index (χ2n) is 7.26. The molecule has 3 rings (SSSR count). The van der Waals surface area contributed by atoms with Gasteiger partial charge in [0.25, 0.3) is 11.8 Å². The first kappa shape index (κ1) is 24.5. The molecule has 0 aromatic heterocycles. The molecule has 7 nitrogen and oxygen atoms in total. The summed E-state index contributed by atoms with van der Waals surface area (Å²) in [6, 6.07) is 10.2. The molecule has 2 aromatic carbocycles. The highest BCUT2D eigenvalue weighted by molar-refractivity contribution is 7.80. The van der Waals surface area contributed by atoms with Gasteiger partial charge in [-0.3, -0.25) is 19.8 Å². The molecule has 2 amide bonds. The van der Waals surface area contributed by atoms with Gasteiger partial charge in [0.05, 0.1) is 30.5 Å². The van der Waals surface area contributed by atoms with Crippen molar-refractivity contribution in [1.82, 2.24) is 5.32 Å². The molecule has 1 aliphatic rings. The zero-order chi connectivity index (χ0) is 24.1. The number of halogens is 1. The quantitative estimate of drug-likeness (QED) is 0.328. The molecule has 0 radical (unpaired) electrons. The van der Waals surface area contributed by atoms with Gasteiger partial charge < -0.3 is 14.2 Å². The second kappa shape index (κ2) is 10.7. The van der Waals surface area contributed by atoms with E-state index in [0.717, 1.165) is 6.42 Å². The van der Waals surface area contributed by atoms with Gasteiger partial charge >= 0.3 is 0 Å². The smallest absolute Gasteiger partial charge is 0.270 e. The third kappa shape index (κ3) is 5.46. The Labute approximate surface area is 203 Å². The molecule has 174 valence electrons. The summed E-state index contributed by atoms with van der Waals surface area (Å²) in [5.74, 6) is 0.229. The maximum atomic E-state index is 13.3. The molecule has 1 N–H and O–H groups in total. The van der Waals surface area contributed by atoms with Gasteiger partial charge in [-0.1, -0.05) is 24.6 Å². The van der Waals surface area contributed by atoms with E-state index in [1.165, 1.54) is 18.1 Å². The number of hydrogen-bond acceptors (Lipinski definition) is 6. The van der Waals surface area contributed by atoms with Crippen LogP contribution < -0.4 is 24.4 Å². The molecule has 0 bridgehead atoms. The molecular weight excluding hydrogens is 464 g/mol. The summed E-state index contributed by atoms with van der Waals surface area (Å²) in [5.41, 5.74) is 0.886. The Kier molecular flexibility index (Phi) is 7.94. The van der Waals surface area contributed by atoms with Crippen molar-refractivity contribution in [3.05, 3.63) is 52.6 Å². The molecular formula is C24H25ClN2O5S. The fraction of sp³-hybridized carbons (Fsp3) is 0.292. The minimum Gasteiger partial charge on any atom is -0.494 e. The lowest BCUT2D eigenvalue weighted by Gasteiger charge is -2.29. The molecule has 1 heterocycles. The lowest BCUT2D eigenvalue weighted by molar-refractivity contribution is -0.122. The fourth-order valence-electron chi connectivity index (χ4n) is 3.16. The maximum absolute atomic E-state index is 13.3. The highest BCUT2D eigenvalue weighted by atomic mass is 35.5. The highest BCUT2D eigenvalue weighted by Crippen LogP contribution is 2.38. The first-order valence-corrected chi connectivity index (χ1v) is 11.3. The first-order chi connectivity index (χ1) is 15.8. The average molecular weight is 489 g/mol. The van der Waals surface area contributed by atoms with E-state index in [4.69, 9.17) is 38.0 Å². The molecule has 1 saturated heterocycles. The summed E-state index contributed by atoms with van der Waals surface area (Å²) in [7, 11) is 1.50. The molecule has 0 spiro atoms. The van der Waals surface area contributed by atoms with Crippen LogP contribution in [-0.2, 0) is 9.59 Å². The van der Waals surface area contributed by atoms with Crippen molar-refractivity contribution in [1.29, 1.82) is 0 Å². The number of nitrogens with zero attached hydrogens (tertiary/aromatic N) is 1. The van der Waals surface area contributed by atoms with Crippen molar-refractivity contribution in [2.75, 3.05) is 18.6 Å². The number of hydrogen-bond donors (Lipinski definition) is 1. The number of anilines is 1. The number of benzene rings is 2. The number of ether oxygens (including phenoxy) is 3. The molecule has 1 atom stereocenters. The Balaban J connectivity index is 1.99. The Morgan fingerprint density at radius 3 is 2.64 bits per heavy atom. The summed E-state index contributed by atoms with van der Waals surface area (Å²) in [5, 5.41) is 2.86. The summed E-state index contributed by atoms with van der Waals surface area (Å²) < 4.78 is 16.8. The van der Waals surface area contributed by atoms with E-state index in [2.05, 4.69) is 5.32 Å². The highest BCUT2D eigenvalue weighted by Gasteiger charge is 2.34. The van der Waals surface area contributed by atoms with Gasteiger partial charge in [-0.2, -0.15) is 0 Å². The largest absolute Gasteiger partial charge is 0.494 e. The molecule has 0 saturated carbocycles. The van der Waals surface area contributed by atoms with E-state index in [1.54, 1.807) is 36.4 Å². The van der Waals surface area contributed by atoms with E-state index in [-0.39, 0.29) is 16.8 Å². The molecule has 1 fully saturated rings. The first-order valence-electron chi connectivity index (χ1n) is 10.5. The SMILES string of the molecule is CCOc1cccc(N2C(=O)/C(=C/c3cc(Cl)c(O[C@@H](C)CC)c(OC)c3)C(=O)NC2=S)c1. The Hall–Kier alpha value is -3.10. The number of nitrogens with one attached hydrogen (secondary N) is 1. The topological polar surface area (TPSA) is 77.1 Å². The molecule has 2 aromatic rings. The number of amides is 2. The number of rotatable bonds is 8. The van der Waals surface area contributed by atoms with Crippen molar-refractivity contribution in [3.8, 4) is 17.2 Å². The van der Waals surface area contributed by atoms with Crippen LogP contribution in [0.25, 0.3) is 6.08 Å². The summed E-state index contributed by atoms with van der Waals surface area (Å²) >= 11 is 11.7. The van der Waals surface area contributed by atoms with Crippen molar-refractivity contribution < 1.29 is 23.8 Å². The van der Waals surface area contributed by atoms with Gasteiger partial charge in [-0.05, 0) is 68.4 Å². The van der Waals surface area contributed by atoms with Crippen molar-refractivity contribution in [2.45, 2.75) is 33.3 Å². The predicted octanol–water partition coefficient (Wildman–Crippen LogP) is 4.76. The third-order valence-electron chi connectivity index (χ3n) is 4.95. The van der Waals surface area contributed by atoms with E-state index < -0.39 is 11.8 Å². The van der Waals surface area contributed by atoms with Crippen LogP contribution in [0.4, 0.5) is 5.69 Å². The van der Waals surface area contributed by atoms with Crippen LogP contribution in [0.5, 0.6) is 17.2 Å². The van der Waals surface area contributed by atoms with Gasteiger partial charge in [0.1, 0.15) is 11.3 Å². The summed E-state index contributed by atoms with van der Waals surface area (Å²) in [6.07, 6.45) is 2.17. The molecule has 9 heteroatoms. The lowest BCUT2D eigenvalue weighted by atomic mass is 10.1. The van der Waals surface area contributed by atoms with E-state index >= 15 is 0 Å². The van der Waals surface area contributed by atoms with Crippen LogP contribution in [0.1, 0.15) is 32.8 Å². The minimum atomic E-state index is -0.600. The third-order valence-corrected chi connectivity index (χ3v) is 5.51.